The Morgan fingerprint density at radius 2 is 1.77 bits per heavy atom. The van der Waals surface area contributed by atoms with E-state index in [2.05, 4.69) is 52.3 Å². The highest BCUT2D eigenvalue weighted by Crippen LogP contribution is 2.46. The summed E-state index contributed by atoms with van der Waals surface area (Å²) >= 11 is 0. The van der Waals surface area contributed by atoms with E-state index in [-0.39, 0.29) is 29.8 Å². The molecule has 2 bridgehead atoms. The Labute approximate surface area is 231 Å². The molecule has 0 aliphatic carbocycles. The zero-order valence-corrected chi connectivity index (χ0v) is 22.5. The number of H-pyrrole nitrogens is 1. The number of benzene rings is 1. The molecule has 2 fully saturated rings. The van der Waals surface area contributed by atoms with Gasteiger partial charge in [0.25, 0.3) is 5.91 Å². The second kappa shape index (κ2) is 9.55. The molecule has 0 radical (unpaired) electrons. The average Bonchev–Trinajstić information content (AvgIpc) is 3.71. The Morgan fingerprint density at radius 1 is 1.00 bits per heavy atom. The van der Waals surface area contributed by atoms with Crippen molar-refractivity contribution >= 4 is 17.4 Å². The van der Waals surface area contributed by atoms with Crippen LogP contribution in [-0.4, -0.2) is 57.7 Å². The van der Waals surface area contributed by atoms with E-state index in [1.807, 2.05) is 41.6 Å². The molecule has 2 saturated heterocycles. The van der Waals surface area contributed by atoms with Crippen molar-refractivity contribution in [3.05, 3.63) is 78.3 Å². The Morgan fingerprint density at radius 3 is 2.42 bits per heavy atom. The molecule has 0 spiro atoms. The van der Waals surface area contributed by atoms with Crippen LogP contribution in [0.1, 0.15) is 73.2 Å². The molecule has 1 amide bonds. The minimum atomic E-state index is -0.0695. The number of nitrogens with one attached hydrogen (secondary N) is 1. The van der Waals surface area contributed by atoms with Crippen molar-refractivity contribution in [1.82, 2.24) is 39.7 Å². The lowest BCUT2D eigenvalue weighted by Gasteiger charge is -2.39. The number of anilines is 1. The van der Waals surface area contributed by atoms with Gasteiger partial charge in [0.2, 0.25) is 5.82 Å². The summed E-state index contributed by atoms with van der Waals surface area (Å²) in [5.74, 6) is 1.24. The van der Waals surface area contributed by atoms with Crippen molar-refractivity contribution in [2.24, 2.45) is 0 Å². The quantitative estimate of drug-likeness (QED) is 0.331. The number of amides is 1. The number of aromatic nitrogens is 7. The number of aromatic amines is 1. The summed E-state index contributed by atoms with van der Waals surface area (Å²) < 4.78 is 1.76. The van der Waals surface area contributed by atoms with Crippen LogP contribution in [0.4, 0.5) is 5.82 Å². The Balaban J connectivity index is 1.26. The molecule has 3 atom stereocenters. The number of piperidine rings is 1. The summed E-state index contributed by atoms with van der Waals surface area (Å²) in [5.41, 5.74) is 13.4. The summed E-state index contributed by atoms with van der Waals surface area (Å²) in [6, 6.07) is 14.5. The smallest absolute Gasteiger partial charge is 0.291 e. The number of nitrogens with zero attached hydrogens (tertiary/aromatic N) is 7. The zero-order valence-electron chi connectivity index (χ0n) is 22.5. The van der Waals surface area contributed by atoms with Crippen LogP contribution in [0.25, 0.3) is 28.0 Å². The van der Waals surface area contributed by atoms with Gasteiger partial charge in [-0.05, 0) is 37.7 Å². The van der Waals surface area contributed by atoms with Gasteiger partial charge in [-0.1, -0.05) is 50.2 Å². The Kier molecular flexibility index (Phi) is 5.83. The van der Waals surface area contributed by atoms with E-state index < -0.39 is 0 Å². The minimum Gasteiger partial charge on any atom is -0.383 e. The van der Waals surface area contributed by atoms with Gasteiger partial charge < -0.3 is 10.6 Å². The van der Waals surface area contributed by atoms with Crippen molar-refractivity contribution in [3.63, 3.8) is 0 Å². The first-order valence-electron chi connectivity index (χ1n) is 13.9. The van der Waals surface area contributed by atoms with E-state index in [9.17, 15) is 4.79 Å². The third-order valence-corrected chi connectivity index (χ3v) is 8.44. The van der Waals surface area contributed by atoms with E-state index in [1.165, 1.54) is 6.33 Å². The highest BCUT2D eigenvalue weighted by atomic mass is 16.2. The first-order valence-corrected chi connectivity index (χ1v) is 13.9. The fourth-order valence-electron chi connectivity index (χ4n) is 6.65. The number of pyridine rings is 1. The molecule has 6 heterocycles. The summed E-state index contributed by atoms with van der Waals surface area (Å²) in [6.07, 6.45) is 8.73. The highest BCUT2D eigenvalue weighted by Gasteiger charge is 2.45. The number of carbonyl (C=O) groups is 1. The number of nitrogen functional groups attached to an aromatic ring is 1. The van der Waals surface area contributed by atoms with Crippen LogP contribution in [0.2, 0.25) is 0 Å². The molecule has 2 aliphatic heterocycles. The van der Waals surface area contributed by atoms with Gasteiger partial charge in [0, 0.05) is 46.5 Å². The molecule has 5 aromatic rings. The van der Waals surface area contributed by atoms with Crippen molar-refractivity contribution in [3.8, 4) is 22.4 Å². The van der Waals surface area contributed by atoms with Gasteiger partial charge in [-0.25, -0.2) is 9.97 Å². The monoisotopic (exact) mass is 533 g/mol. The normalized spacial score (nSPS) is 20.5. The van der Waals surface area contributed by atoms with Crippen LogP contribution in [0, 0.1) is 0 Å². The topological polar surface area (TPSA) is 131 Å². The van der Waals surface area contributed by atoms with E-state index in [0.717, 1.165) is 65.0 Å². The number of rotatable bonds is 5. The van der Waals surface area contributed by atoms with Crippen molar-refractivity contribution in [2.75, 3.05) is 5.73 Å². The van der Waals surface area contributed by atoms with E-state index in [1.54, 1.807) is 4.52 Å². The van der Waals surface area contributed by atoms with Gasteiger partial charge in [-0.15, -0.1) is 0 Å². The minimum absolute atomic E-state index is 0.0695. The summed E-state index contributed by atoms with van der Waals surface area (Å²) in [5, 5.41) is 11.2. The highest BCUT2D eigenvalue weighted by molar-refractivity contribution is 5.91. The first kappa shape index (κ1) is 24.4. The maximum atomic E-state index is 13.2. The summed E-state index contributed by atoms with van der Waals surface area (Å²) in [7, 11) is 0. The Bertz CT molecular complexity index is 1660. The SMILES string of the molecule is CC(C)c1c(C2C[C@H]3CC[C@@H](C2)N3C(=O)c2ncn[nH]2)nc2c(-c3ccc(-c4ccccc4)nc3)cnn2c1N. The number of hydrogen-bond donors (Lipinski definition) is 2. The predicted octanol–water partition coefficient (Wildman–Crippen LogP) is 4.83. The average molecular weight is 534 g/mol. The summed E-state index contributed by atoms with van der Waals surface area (Å²) in [6.45, 7) is 4.30. The van der Waals surface area contributed by atoms with Gasteiger partial charge in [0.05, 0.1) is 17.6 Å². The van der Waals surface area contributed by atoms with Crippen LogP contribution in [0.3, 0.4) is 0 Å². The molecular weight excluding hydrogens is 502 g/mol. The van der Waals surface area contributed by atoms with E-state index in [0.29, 0.717) is 11.6 Å². The third-order valence-electron chi connectivity index (χ3n) is 8.44. The second-order valence-corrected chi connectivity index (χ2v) is 11.1. The molecule has 202 valence electrons. The molecule has 40 heavy (non-hydrogen) atoms. The number of carbonyl (C=O) groups excluding carboxylic acids is 1. The maximum absolute atomic E-state index is 13.2. The van der Waals surface area contributed by atoms with Crippen molar-refractivity contribution in [2.45, 2.75) is 63.5 Å². The van der Waals surface area contributed by atoms with Gasteiger partial charge in [0.1, 0.15) is 12.1 Å². The van der Waals surface area contributed by atoms with E-state index in [4.69, 9.17) is 15.7 Å². The number of fused-ring (bicyclic) bond motifs is 3. The molecule has 3 N–H and O–H groups in total. The third kappa shape index (κ3) is 3.93. The fraction of sp³-hybridized carbons (Fsp3) is 0.333. The molecule has 4 aromatic heterocycles. The largest absolute Gasteiger partial charge is 0.383 e. The lowest BCUT2D eigenvalue weighted by molar-refractivity contribution is 0.0557. The molecule has 2 aliphatic rings. The van der Waals surface area contributed by atoms with Gasteiger partial charge in [0.15, 0.2) is 5.65 Å². The van der Waals surface area contributed by atoms with Crippen LogP contribution >= 0.6 is 0 Å². The lowest BCUT2D eigenvalue weighted by atomic mass is 9.83. The number of hydrogen-bond acceptors (Lipinski definition) is 7. The summed E-state index contributed by atoms with van der Waals surface area (Å²) in [4.78, 5) is 29.3. The standard InChI is InChI=1S/C30H31N9O/c1-17(2)25-26(20-12-21-9-10-22(13-20)38(21)30(40)28-33-16-34-37-28)36-29-23(15-35-39(29)27(25)31)19-8-11-24(32-14-19)18-6-4-3-5-7-18/h3-8,11,14-17,20-22H,9-10,12-13,31H2,1-2H3,(H,33,34,37)/t20?,21-,22+. The Hall–Kier alpha value is -4.60. The number of nitrogens with two attached hydrogens (primary N) is 1. The first-order chi connectivity index (χ1) is 19.5. The van der Waals surface area contributed by atoms with Gasteiger partial charge in [-0.2, -0.15) is 14.7 Å². The van der Waals surface area contributed by atoms with Crippen LogP contribution in [-0.2, 0) is 0 Å². The molecular formula is C30H31N9O. The van der Waals surface area contributed by atoms with Gasteiger partial charge >= 0.3 is 0 Å². The molecule has 1 unspecified atom stereocenters. The van der Waals surface area contributed by atoms with Crippen molar-refractivity contribution in [1.29, 1.82) is 0 Å². The fourth-order valence-corrected chi connectivity index (χ4v) is 6.65. The second-order valence-electron chi connectivity index (χ2n) is 11.1. The lowest BCUT2D eigenvalue weighted by Crippen LogP contribution is -2.46. The molecule has 7 rings (SSSR count). The predicted molar refractivity (Wildman–Crippen MR) is 151 cm³/mol. The maximum Gasteiger partial charge on any atom is 0.291 e. The van der Waals surface area contributed by atoms with Crippen molar-refractivity contribution < 1.29 is 4.79 Å². The molecule has 10 nitrogen and oxygen atoms in total. The van der Waals surface area contributed by atoms with E-state index >= 15 is 0 Å². The van der Waals surface area contributed by atoms with Crippen LogP contribution in [0.5, 0.6) is 0 Å². The molecule has 1 aromatic carbocycles. The van der Waals surface area contributed by atoms with Crippen LogP contribution < -0.4 is 5.73 Å². The zero-order chi connectivity index (χ0) is 27.4. The molecule has 10 heteroatoms. The molecule has 0 saturated carbocycles. The van der Waals surface area contributed by atoms with Gasteiger partial charge in [-0.3, -0.25) is 14.9 Å². The van der Waals surface area contributed by atoms with Crippen LogP contribution in [0.15, 0.2) is 61.2 Å².